The fourth-order valence-electron chi connectivity index (χ4n) is 2.80. The van der Waals surface area contributed by atoms with Crippen LogP contribution in [0.15, 0.2) is 84.9 Å². The van der Waals surface area contributed by atoms with Gasteiger partial charge in [0, 0.05) is 11.3 Å². The molecule has 0 unspecified atom stereocenters. The van der Waals surface area contributed by atoms with E-state index in [0.29, 0.717) is 13.0 Å². The SMILES string of the molecule is COc1ccccc1CC(=O)N(Cc1ccccc1)c1ccccc1. The molecule has 0 bridgehead atoms. The molecule has 3 aromatic rings. The van der Waals surface area contributed by atoms with Crippen molar-refractivity contribution in [1.82, 2.24) is 0 Å². The van der Waals surface area contributed by atoms with Crippen molar-refractivity contribution >= 4 is 11.6 Å². The molecular formula is C22H21NO2. The number of anilines is 1. The molecule has 0 radical (unpaired) electrons. The average molecular weight is 331 g/mol. The van der Waals surface area contributed by atoms with E-state index in [0.717, 1.165) is 22.6 Å². The van der Waals surface area contributed by atoms with Gasteiger partial charge in [-0.05, 0) is 23.8 Å². The summed E-state index contributed by atoms with van der Waals surface area (Å²) in [6.45, 7) is 0.541. The van der Waals surface area contributed by atoms with E-state index in [1.54, 1.807) is 7.11 Å². The molecule has 126 valence electrons. The minimum Gasteiger partial charge on any atom is -0.496 e. The second kappa shape index (κ2) is 8.15. The van der Waals surface area contributed by atoms with Crippen molar-refractivity contribution in [3.8, 4) is 5.75 Å². The molecule has 0 heterocycles. The van der Waals surface area contributed by atoms with Crippen molar-refractivity contribution < 1.29 is 9.53 Å². The number of amides is 1. The molecule has 3 nitrogen and oxygen atoms in total. The van der Waals surface area contributed by atoms with Crippen molar-refractivity contribution in [2.75, 3.05) is 12.0 Å². The molecule has 0 spiro atoms. The zero-order valence-corrected chi connectivity index (χ0v) is 14.3. The van der Waals surface area contributed by atoms with Crippen LogP contribution in [0.5, 0.6) is 5.75 Å². The maximum Gasteiger partial charge on any atom is 0.231 e. The molecule has 0 fully saturated rings. The van der Waals surface area contributed by atoms with Gasteiger partial charge in [-0.3, -0.25) is 4.79 Å². The number of benzene rings is 3. The smallest absolute Gasteiger partial charge is 0.231 e. The normalized spacial score (nSPS) is 10.3. The van der Waals surface area contributed by atoms with Gasteiger partial charge in [0.15, 0.2) is 0 Å². The van der Waals surface area contributed by atoms with E-state index in [1.807, 2.05) is 89.8 Å². The summed E-state index contributed by atoms with van der Waals surface area (Å²) in [6.07, 6.45) is 0.297. The van der Waals surface area contributed by atoms with E-state index in [-0.39, 0.29) is 5.91 Å². The van der Waals surface area contributed by atoms with Crippen LogP contribution >= 0.6 is 0 Å². The lowest BCUT2D eigenvalue weighted by molar-refractivity contribution is -0.118. The summed E-state index contributed by atoms with van der Waals surface area (Å²) in [5.41, 5.74) is 2.88. The molecule has 0 atom stereocenters. The van der Waals surface area contributed by atoms with Crippen LogP contribution in [0, 0.1) is 0 Å². The monoisotopic (exact) mass is 331 g/mol. The van der Waals surface area contributed by atoms with Gasteiger partial charge in [0.25, 0.3) is 0 Å². The van der Waals surface area contributed by atoms with Crippen LogP contribution in [0.3, 0.4) is 0 Å². The summed E-state index contributed by atoms with van der Waals surface area (Å²) in [4.78, 5) is 14.9. The molecule has 3 heteroatoms. The average Bonchev–Trinajstić information content (AvgIpc) is 2.68. The van der Waals surface area contributed by atoms with E-state index in [9.17, 15) is 4.79 Å². The Hall–Kier alpha value is -3.07. The van der Waals surface area contributed by atoms with Crippen molar-refractivity contribution in [2.45, 2.75) is 13.0 Å². The van der Waals surface area contributed by atoms with Gasteiger partial charge >= 0.3 is 0 Å². The number of methoxy groups -OCH3 is 1. The number of hydrogen-bond donors (Lipinski definition) is 0. The Morgan fingerprint density at radius 3 is 2.12 bits per heavy atom. The molecule has 0 saturated carbocycles. The first kappa shape index (κ1) is 16.8. The molecule has 0 N–H and O–H groups in total. The van der Waals surface area contributed by atoms with Crippen LogP contribution in [-0.2, 0) is 17.8 Å². The standard InChI is InChI=1S/C22H21NO2/c1-25-21-15-9-8-12-19(21)16-22(24)23(20-13-6-3-7-14-20)17-18-10-4-2-5-11-18/h2-15H,16-17H2,1H3. The summed E-state index contributed by atoms with van der Waals surface area (Å²) in [5.74, 6) is 0.781. The number of carbonyl (C=O) groups excluding carboxylic acids is 1. The fourth-order valence-corrected chi connectivity index (χ4v) is 2.80. The van der Waals surface area contributed by atoms with Crippen molar-refractivity contribution in [2.24, 2.45) is 0 Å². The lowest BCUT2D eigenvalue weighted by atomic mass is 10.1. The Balaban J connectivity index is 1.87. The molecule has 1 amide bonds. The number of para-hydroxylation sites is 2. The number of nitrogens with zero attached hydrogens (tertiary/aromatic N) is 1. The van der Waals surface area contributed by atoms with Gasteiger partial charge in [-0.2, -0.15) is 0 Å². The maximum absolute atomic E-state index is 13.1. The predicted octanol–water partition coefficient (Wildman–Crippen LogP) is 4.47. The number of rotatable bonds is 6. The molecule has 3 aromatic carbocycles. The summed E-state index contributed by atoms with van der Waals surface area (Å²) < 4.78 is 5.38. The quantitative estimate of drug-likeness (QED) is 0.667. The zero-order chi connectivity index (χ0) is 17.5. The topological polar surface area (TPSA) is 29.5 Å². The Morgan fingerprint density at radius 1 is 0.840 bits per heavy atom. The Bertz CT molecular complexity index is 816. The molecule has 0 aliphatic rings. The van der Waals surface area contributed by atoms with Crippen molar-refractivity contribution in [1.29, 1.82) is 0 Å². The second-order valence-corrected chi connectivity index (χ2v) is 5.79. The molecule has 3 rings (SSSR count). The van der Waals surface area contributed by atoms with E-state index in [2.05, 4.69) is 0 Å². The van der Waals surface area contributed by atoms with Crippen molar-refractivity contribution in [3.63, 3.8) is 0 Å². The third-order valence-electron chi connectivity index (χ3n) is 4.09. The summed E-state index contributed by atoms with van der Waals surface area (Å²) in [6, 6.07) is 27.4. The molecule has 0 saturated heterocycles. The third kappa shape index (κ3) is 4.27. The number of ether oxygens (including phenoxy) is 1. The first-order chi connectivity index (χ1) is 12.3. The van der Waals surface area contributed by atoms with Gasteiger partial charge in [-0.25, -0.2) is 0 Å². The Labute approximate surface area is 148 Å². The second-order valence-electron chi connectivity index (χ2n) is 5.79. The first-order valence-corrected chi connectivity index (χ1v) is 8.29. The molecule has 0 aliphatic carbocycles. The first-order valence-electron chi connectivity index (χ1n) is 8.29. The largest absolute Gasteiger partial charge is 0.496 e. The minimum absolute atomic E-state index is 0.0413. The fraction of sp³-hybridized carbons (Fsp3) is 0.136. The number of carbonyl (C=O) groups is 1. The lowest BCUT2D eigenvalue weighted by Crippen LogP contribution is -2.31. The Kier molecular flexibility index (Phi) is 5.47. The maximum atomic E-state index is 13.1. The van der Waals surface area contributed by atoms with Crippen LogP contribution in [0.25, 0.3) is 0 Å². The van der Waals surface area contributed by atoms with Gasteiger partial charge in [0.05, 0.1) is 20.1 Å². The molecule has 25 heavy (non-hydrogen) atoms. The Morgan fingerprint density at radius 2 is 1.44 bits per heavy atom. The highest BCUT2D eigenvalue weighted by Gasteiger charge is 2.18. The summed E-state index contributed by atoms with van der Waals surface area (Å²) in [7, 11) is 1.63. The predicted molar refractivity (Wildman–Crippen MR) is 101 cm³/mol. The van der Waals surface area contributed by atoms with Crippen molar-refractivity contribution in [3.05, 3.63) is 96.1 Å². The molecular weight excluding hydrogens is 310 g/mol. The van der Waals surface area contributed by atoms with Gasteiger partial charge in [0.2, 0.25) is 5.91 Å². The van der Waals surface area contributed by atoms with E-state index in [4.69, 9.17) is 4.74 Å². The van der Waals surface area contributed by atoms with Crippen LogP contribution in [0.4, 0.5) is 5.69 Å². The number of hydrogen-bond acceptors (Lipinski definition) is 2. The summed E-state index contributed by atoms with van der Waals surface area (Å²) >= 11 is 0. The molecule has 0 aliphatic heterocycles. The van der Waals surface area contributed by atoms with Gasteiger partial charge in [-0.1, -0.05) is 66.7 Å². The van der Waals surface area contributed by atoms with E-state index < -0.39 is 0 Å². The van der Waals surface area contributed by atoms with Crippen LogP contribution in [0.2, 0.25) is 0 Å². The van der Waals surface area contributed by atoms with E-state index in [1.165, 1.54) is 0 Å². The highest BCUT2D eigenvalue weighted by molar-refractivity contribution is 5.95. The third-order valence-corrected chi connectivity index (χ3v) is 4.09. The van der Waals surface area contributed by atoms with E-state index >= 15 is 0 Å². The zero-order valence-electron chi connectivity index (χ0n) is 14.3. The highest BCUT2D eigenvalue weighted by atomic mass is 16.5. The highest BCUT2D eigenvalue weighted by Crippen LogP contribution is 2.22. The minimum atomic E-state index is 0.0413. The molecule has 0 aromatic heterocycles. The summed E-state index contributed by atoms with van der Waals surface area (Å²) in [5, 5.41) is 0. The van der Waals surface area contributed by atoms with Crippen LogP contribution in [0.1, 0.15) is 11.1 Å². The van der Waals surface area contributed by atoms with Gasteiger partial charge in [-0.15, -0.1) is 0 Å². The van der Waals surface area contributed by atoms with Crippen LogP contribution < -0.4 is 9.64 Å². The van der Waals surface area contributed by atoms with Gasteiger partial charge < -0.3 is 9.64 Å². The van der Waals surface area contributed by atoms with Crippen LogP contribution in [-0.4, -0.2) is 13.0 Å². The lowest BCUT2D eigenvalue weighted by Gasteiger charge is -2.23. The van der Waals surface area contributed by atoms with Gasteiger partial charge in [0.1, 0.15) is 5.75 Å².